The van der Waals surface area contributed by atoms with E-state index in [1.54, 1.807) is 61.6 Å². The molecule has 2 aromatic carbocycles. The van der Waals surface area contributed by atoms with Gasteiger partial charge in [0.2, 0.25) is 12.5 Å². The number of nitrogens with zero attached hydrogens (tertiary/aromatic N) is 6. The summed E-state index contributed by atoms with van der Waals surface area (Å²) < 4.78 is 28.8. The van der Waals surface area contributed by atoms with Gasteiger partial charge in [-0.3, -0.25) is 28.6 Å². The van der Waals surface area contributed by atoms with Crippen molar-refractivity contribution >= 4 is 38.0 Å². The molecule has 1 N–H and O–H groups in total. The minimum atomic E-state index is -1.72. The molecule has 0 bridgehead atoms. The first-order chi connectivity index (χ1) is 26.8. The summed E-state index contributed by atoms with van der Waals surface area (Å²) in [6, 6.07) is 16.6. The zero-order valence-electron chi connectivity index (χ0n) is 32.4. The topological polar surface area (TPSA) is 166 Å². The first-order valence-electron chi connectivity index (χ1n) is 18.4. The Labute approximate surface area is 327 Å². The predicted molar refractivity (Wildman–Crippen MR) is 208 cm³/mol. The Hall–Kier alpha value is -4.88. The highest BCUT2D eigenvalue weighted by atomic mass is 31.2. The van der Waals surface area contributed by atoms with E-state index in [-0.39, 0.29) is 67.9 Å². The van der Waals surface area contributed by atoms with E-state index in [1.165, 1.54) is 21.7 Å². The van der Waals surface area contributed by atoms with Crippen LogP contribution in [0.15, 0.2) is 71.7 Å². The van der Waals surface area contributed by atoms with Gasteiger partial charge in [-0.15, -0.1) is 0 Å². The first-order valence-corrected chi connectivity index (χ1v) is 19.5. The number of ether oxygens (including phenoxy) is 2. The van der Waals surface area contributed by atoms with E-state index in [9.17, 15) is 24.0 Å². The molecule has 0 aliphatic carbocycles. The predicted octanol–water partition coefficient (Wildman–Crippen LogP) is 4.47. The Morgan fingerprint density at radius 3 is 2.23 bits per heavy atom. The number of anilines is 1. The van der Waals surface area contributed by atoms with Crippen LogP contribution in [0.3, 0.4) is 0 Å². The number of carbonyl (C=O) groups excluding carboxylic acids is 4. The number of benzene rings is 2. The van der Waals surface area contributed by atoms with Gasteiger partial charge in [0.25, 0.3) is 26.2 Å². The highest BCUT2D eigenvalue weighted by Gasteiger charge is 2.47. The quantitative estimate of drug-likeness (QED) is 0.0837. The van der Waals surface area contributed by atoms with Gasteiger partial charge in [0.05, 0.1) is 30.4 Å². The number of rotatable bonds is 18. The number of likely N-dealkylation sites (N-methyl/N-ethyl adjacent to an activating group) is 1. The van der Waals surface area contributed by atoms with Crippen molar-refractivity contribution in [3.63, 3.8) is 0 Å². The average molecular weight is 790 g/mol. The lowest BCUT2D eigenvalue weighted by molar-refractivity contribution is -0.131. The number of hydrogen-bond acceptors (Lipinski definition) is 11. The SMILES string of the molecule is [C-]#[N+]CCOP(OC1[C@@H](C)[C@@H](COCCN(C)C(=O)CN2C(=O)c3ccccc3C2=O)O[C@H]1n1ccc(NC(=O)c2ccccc2)nc1=O)N(C(C)C)C(C)C. The molecule has 4 amide bonds. The molecule has 1 aromatic heterocycles. The molecule has 5 rings (SSSR count). The van der Waals surface area contributed by atoms with Crippen molar-refractivity contribution in [1.29, 1.82) is 0 Å². The molecule has 0 radical (unpaired) electrons. The van der Waals surface area contributed by atoms with Crippen molar-refractivity contribution < 1.29 is 37.7 Å². The van der Waals surface area contributed by atoms with Crippen LogP contribution in [0.1, 0.15) is 71.9 Å². The van der Waals surface area contributed by atoms with Gasteiger partial charge in [-0.05, 0) is 58.0 Å². The summed E-state index contributed by atoms with van der Waals surface area (Å²) in [6.45, 7) is 17.6. The Morgan fingerprint density at radius 1 is 0.982 bits per heavy atom. The van der Waals surface area contributed by atoms with Crippen molar-refractivity contribution in [3.8, 4) is 0 Å². The maximum absolute atomic E-state index is 13.6. The normalized spacial score (nSPS) is 19.8. The first kappa shape index (κ1) is 42.3. The molecule has 5 atom stereocenters. The maximum Gasteiger partial charge on any atom is 0.351 e. The third-order valence-electron chi connectivity index (χ3n) is 9.40. The van der Waals surface area contributed by atoms with Crippen LogP contribution < -0.4 is 11.0 Å². The van der Waals surface area contributed by atoms with Gasteiger partial charge in [0.1, 0.15) is 25.1 Å². The van der Waals surface area contributed by atoms with E-state index in [2.05, 4.69) is 19.8 Å². The van der Waals surface area contributed by atoms with Crippen LogP contribution in [0.2, 0.25) is 0 Å². The number of nitrogens with one attached hydrogen (secondary N) is 1. The smallest absolute Gasteiger partial charge is 0.351 e. The molecule has 298 valence electrons. The molecule has 0 saturated carbocycles. The van der Waals surface area contributed by atoms with Gasteiger partial charge in [-0.1, -0.05) is 37.3 Å². The standard InChI is InChI=1S/C39H48N7O9P/c1-25(2)46(26(3)4)56(53-21-18-40-6)55-34-27(5)31(54-38(34)44-19-17-32(42-39(44)51)41-35(48)28-13-9-8-10-14-28)24-52-22-20-43(7)33(47)23-45-36(49)29-15-11-12-16-30(29)37(45)50/h8-17,19,25-27,31,34,38H,18,20-24H2,1-5,7H3,(H,41,42,48,51)/t27-,31+,34?,38+,56?/m0/s1. The Bertz CT molecular complexity index is 1930. The van der Waals surface area contributed by atoms with E-state index < -0.39 is 62.8 Å². The van der Waals surface area contributed by atoms with Crippen LogP contribution in [0.4, 0.5) is 5.82 Å². The zero-order chi connectivity index (χ0) is 40.5. The van der Waals surface area contributed by atoms with Crippen molar-refractivity contribution in [2.75, 3.05) is 51.8 Å². The van der Waals surface area contributed by atoms with Crippen molar-refractivity contribution in [1.82, 2.24) is 24.0 Å². The maximum atomic E-state index is 13.6. The van der Waals surface area contributed by atoms with Gasteiger partial charge in [0.15, 0.2) is 6.23 Å². The molecular formula is C39H48N7O9P. The molecule has 1 saturated heterocycles. The van der Waals surface area contributed by atoms with Gasteiger partial charge >= 0.3 is 5.69 Å². The highest BCUT2D eigenvalue weighted by Crippen LogP contribution is 2.51. The second-order valence-corrected chi connectivity index (χ2v) is 15.4. The minimum Gasteiger partial charge on any atom is -0.377 e. The van der Waals surface area contributed by atoms with E-state index in [0.29, 0.717) is 5.56 Å². The fourth-order valence-corrected chi connectivity index (χ4v) is 8.23. The van der Waals surface area contributed by atoms with Crippen LogP contribution in [-0.2, 0) is 23.3 Å². The van der Waals surface area contributed by atoms with Crippen LogP contribution in [-0.4, -0.2) is 118 Å². The Kier molecular flexibility index (Phi) is 14.6. The second kappa shape index (κ2) is 19.3. The molecule has 2 unspecified atom stereocenters. The summed E-state index contributed by atoms with van der Waals surface area (Å²) in [5.74, 6) is -2.13. The largest absolute Gasteiger partial charge is 0.377 e. The number of amides is 4. The summed E-state index contributed by atoms with van der Waals surface area (Å²) in [4.78, 5) is 74.7. The molecule has 16 nitrogen and oxygen atoms in total. The van der Waals surface area contributed by atoms with Gasteiger partial charge in [-0.25, -0.2) is 16.0 Å². The molecule has 56 heavy (non-hydrogen) atoms. The third-order valence-corrected chi connectivity index (χ3v) is 11.5. The fourth-order valence-electron chi connectivity index (χ4n) is 6.43. The second-order valence-electron chi connectivity index (χ2n) is 14.0. The van der Waals surface area contributed by atoms with Gasteiger partial charge < -0.3 is 33.6 Å². The molecule has 1 fully saturated rings. The molecule has 3 aromatic rings. The molecule has 2 aliphatic rings. The van der Waals surface area contributed by atoms with Crippen molar-refractivity contribution in [3.05, 3.63) is 105 Å². The molecular weight excluding hydrogens is 741 g/mol. The number of imide groups is 1. The van der Waals surface area contributed by atoms with Crippen LogP contribution in [0.25, 0.3) is 4.85 Å². The number of carbonyl (C=O) groups is 4. The van der Waals surface area contributed by atoms with Gasteiger partial charge in [-0.2, -0.15) is 4.98 Å². The van der Waals surface area contributed by atoms with Crippen LogP contribution in [0.5, 0.6) is 0 Å². The molecule has 17 heteroatoms. The monoisotopic (exact) mass is 789 g/mol. The zero-order valence-corrected chi connectivity index (χ0v) is 33.3. The summed E-state index contributed by atoms with van der Waals surface area (Å²) in [5, 5.41) is 2.66. The van der Waals surface area contributed by atoms with E-state index in [1.807, 2.05) is 34.6 Å². The van der Waals surface area contributed by atoms with Crippen molar-refractivity contribution in [2.45, 2.75) is 65.1 Å². The highest BCUT2D eigenvalue weighted by molar-refractivity contribution is 7.44. The summed E-state index contributed by atoms with van der Waals surface area (Å²) >= 11 is 0. The molecule has 0 spiro atoms. The van der Waals surface area contributed by atoms with E-state index >= 15 is 0 Å². The fraction of sp³-hybridized carbons (Fsp3) is 0.462. The Morgan fingerprint density at radius 2 is 1.62 bits per heavy atom. The summed E-state index contributed by atoms with van der Waals surface area (Å²) in [6.07, 6.45) is -0.764. The minimum absolute atomic E-state index is 0.0258. The number of aromatic nitrogens is 2. The molecule has 3 heterocycles. The molecule has 2 aliphatic heterocycles. The number of fused-ring (bicyclic) bond motifs is 1. The van der Waals surface area contributed by atoms with Gasteiger partial charge in [0, 0.05) is 43.4 Å². The lowest BCUT2D eigenvalue weighted by atomic mass is 10.0. The summed E-state index contributed by atoms with van der Waals surface area (Å²) in [7, 11) is -0.156. The van der Waals surface area contributed by atoms with E-state index in [0.717, 1.165) is 4.90 Å². The van der Waals surface area contributed by atoms with Crippen LogP contribution >= 0.6 is 8.53 Å². The third kappa shape index (κ3) is 9.91. The lowest BCUT2D eigenvalue weighted by Crippen LogP contribution is -2.42. The van der Waals surface area contributed by atoms with Crippen LogP contribution in [0, 0.1) is 12.5 Å². The lowest BCUT2D eigenvalue weighted by Gasteiger charge is -2.38. The number of hydrogen-bond donors (Lipinski definition) is 1. The Balaban J connectivity index is 1.28. The summed E-state index contributed by atoms with van der Waals surface area (Å²) in [5.41, 5.74) is 0.279. The average Bonchev–Trinajstić information content (AvgIpc) is 3.60. The van der Waals surface area contributed by atoms with Crippen molar-refractivity contribution in [2.24, 2.45) is 5.92 Å². The van der Waals surface area contributed by atoms with E-state index in [4.69, 9.17) is 25.1 Å².